The molecule has 4 amide bonds. The molecule has 50 heteroatoms. The van der Waals surface area contributed by atoms with Crippen molar-refractivity contribution in [3.8, 4) is 0 Å². The predicted molar refractivity (Wildman–Crippen MR) is 345 cm³/mol. The maximum absolute atomic E-state index is 12.9. The average Bonchev–Trinajstić information content (AvgIpc) is 0.771. The largest absolute Gasteiger partial charge is 0.394 e. The van der Waals surface area contributed by atoms with Crippen LogP contribution in [0.15, 0.2) is 0 Å². The summed E-state index contributed by atoms with van der Waals surface area (Å²) in [5, 5.41) is 286. The molecule has 8 fully saturated rings. The van der Waals surface area contributed by atoms with E-state index in [1.165, 1.54) is 0 Å². The first kappa shape index (κ1) is 93.4. The quantitative estimate of drug-likeness (QED) is 0.0271. The van der Waals surface area contributed by atoms with Gasteiger partial charge >= 0.3 is 0 Å². The maximum atomic E-state index is 12.9. The van der Waals surface area contributed by atoms with Crippen molar-refractivity contribution in [2.24, 2.45) is 0 Å². The van der Waals surface area contributed by atoms with Gasteiger partial charge in [0.1, 0.15) is 226 Å². The lowest BCUT2D eigenvalue weighted by Crippen LogP contribution is -2.70. The highest BCUT2D eigenvalue weighted by Gasteiger charge is 2.61. The number of aliphatic hydroxyl groups is 25. The van der Waals surface area contributed by atoms with Crippen LogP contribution in [0.4, 0.5) is 0 Å². The number of rotatable bonds is 33. The molecule has 0 aliphatic carbocycles. The van der Waals surface area contributed by atoms with Gasteiger partial charge in [0, 0.05) is 27.7 Å². The van der Waals surface area contributed by atoms with Crippen LogP contribution >= 0.6 is 0 Å². The van der Waals surface area contributed by atoms with Gasteiger partial charge in [0.2, 0.25) is 23.6 Å². The third kappa shape index (κ3) is 21.1. The molecule has 8 saturated heterocycles. The number of amides is 4. The van der Waals surface area contributed by atoms with Crippen LogP contribution in [0.1, 0.15) is 27.7 Å². The third-order valence-corrected chi connectivity index (χ3v) is 19.9. The summed E-state index contributed by atoms with van der Waals surface area (Å²) in [6.07, 6.45) is -85.1. The molecule has 0 spiro atoms. The van der Waals surface area contributed by atoms with E-state index in [2.05, 4.69) is 21.3 Å². The van der Waals surface area contributed by atoms with Crippen molar-refractivity contribution < 1.29 is 227 Å². The Labute approximate surface area is 634 Å². The number of aliphatic hydroxyl groups excluding tert-OH is 25. The number of aldehydes is 1. The summed E-state index contributed by atoms with van der Waals surface area (Å²) in [6, 6.07) is -7.77. The molecule has 0 bridgehead atoms. The number of hydrogen-bond acceptors (Lipinski definition) is 46. The van der Waals surface area contributed by atoms with E-state index in [0.717, 1.165) is 27.7 Å². The minimum Gasteiger partial charge on any atom is -0.394 e. The number of carbonyl (C=O) groups is 5. The average molecular weight is 1640 g/mol. The fraction of sp³-hybridized carbons (Fsp3) is 0.919. The molecule has 0 aromatic rings. The number of hydrogen-bond donors (Lipinski definition) is 29. The van der Waals surface area contributed by atoms with E-state index in [0.29, 0.717) is 0 Å². The molecule has 0 saturated carbocycles. The highest BCUT2D eigenvalue weighted by molar-refractivity contribution is 5.77. The van der Waals surface area contributed by atoms with Gasteiger partial charge < -0.3 is 230 Å². The Balaban J connectivity index is 1.15. The van der Waals surface area contributed by atoms with Gasteiger partial charge in [0.25, 0.3) is 0 Å². The second kappa shape index (κ2) is 41.5. The van der Waals surface area contributed by atoms with E-state index >= 15 is 0 Å². The summed E-state index contributed by atoms with van der Waals surface area (Å²) >= 11 is 0. The summed E-state index contributed by atoms with van der Waals surface area (Å²) in [5.41, 5.74) is 0. The van der Waals surface area contributed by atoms with Gasteiger partial charge in [-0.25, -0.2) is 0 Å². The summed E-state index contributed by atoms with van der Waals surface area (Å²) in [7, 11) is 0. The topological polar surface area (TPSA) is 787 Å². The smallest absolute Gasteiger partial charge is 0.217 e. The van der Waals surface area contributed by atoms with E-state index in [1.807, 2.05) is 0 Å². The lowest BCUT2D eigenvalue weighted by Gasteiger charge is -2.51. The normalized spacial score (nSPS) is 45.9. The number of carbonyl (C=O) groups excluding carboxylic acids is 5. The molecule has 8 rings (SSSR count). The Morgan fingerprint density at radius 1 is 0.330 bits per heavy atom. The molecule has 0 radical (unpaired) electrons. The third-order valence-electron chi connectivity index (χ3n) is 19.9. The van der Waals surface area contributed by atoms with Gasteiger partial charge in [-0.1, -0.05) is 0 Å². The van der Waals surface area contributed by atoms with Crippen LogP contribution in [0, 0.1) is 0 Å². The number of nitrogens with one attached hydrogen (secondary N) is 4. The van der Waals surface area contributed by atoms with Gasteiger partial charge in [-0.2, -0.15) is 0 Å². The van der Waals surface area contributed by atoms with Crippen molar-refractivity contribution in [2.45, 2.75) is 298 Å². The minimum absolute atomic E-state index is 0.0248. The molecular weight excluding hydrogens is 1540 g/mol. The fourth-order valence-electron chi connectivity index (χ4n) is 14.0. The first-order valence-electron chi connectivity index (χ1n) is 35.4. The van der Waals surface area contributed by atoms with Gasteiger partial charge in [0.15, 0.2) is 50.3 Å². The van der Waals surface area contributed by atoms with Gasteiger partial charge in [0.05, 0.1) is 59.5 Å². The highest BCUT2D eigenvalue weighted by Crippen LogP contribution is 2.40. The van der Waals surface area contributed by atoms with Gasteiger partial charge in [-0.15, -0.1) is 0 Å². The van der Waals surface area contributed by atoms with Crippen molar-refractivity contribution in [2.75, 3.05) is 59.5 Å². The van der Waals surface area contributed by atoms with Crippen LogP contribution in [0.3, 0.4) is 0 Å². The second-order valence-electron chi connectivity index (χ2n) is 27.8. The lowest BCUT2D eigenvalue weighted by atomic mass is 9.94. The molecule has 648 valence electrons. The fourth-order valence-corrected chi connectivity index (χ4v) is 14.0. The van der Waals surface area contributed by atoms with E-state index < -0.39 is 353 Å². The van der Waals surface area contributed by atoms with Crippen LogP contribution in [-0.2, 0) is 99.8 Å². The molecule has 29 N–H and O–H groups in total. The van der Waals surface area contributed by atoms with Crippen LogP contribution in [0.5, 0.6) is 0 Å². The van der Waals surface area contributed by atoms with Gasteiger partial charge in [-0.05, 0) is 0 Å². The van der Waals surface area contributed by atoms with Crippen molar-refractivity contribution in [1.29, 1.82) is 0 Å². The SMILES string of the molecule is CC(=O)N[C@H]1[C@H](O[C@@H]([C@H](O)[C@H](C=O)NC(C)=O)[C@H](O)CO)O[C@H](CO)[C@@H](O[C@@H]2O[C@H](CO[C@H]3O[C@H](CO)[C@@H](O)[C@H](O)[C@@H]3O[C@@H]3O[C@H](CO)[C@@H](O[C@@H]4O[C@H](CO)[C@H](O)[C@H](O)[C@H]4O)[C@H](O)[C@H]3NC(C)=O)[C@@H](O)[C@H](O[C@H]3O[C@H](CO)[C@@H](O)[C@H](O)[C@H]3O[C@@H]3O[C@H](CO)[C@@H](O[C@@H]4O[C@H](CO)[C@H](O)[C@H](O)[C@H]4O)[C@H](O)[C@H]3NC(C)=O)[C@@H]2O)[C@@H]1O. The molecule has 8 aliphatic rings. The Morgan fingerprint density at radius 3 is 1.01 bits per heavy atom. The van der Waals surface area contributed by atoms with E-state index in [9.17, 15) is 152 Å². The number of ether oxygens (including phenoxy) is 16. The minimum atomic E-state index is -2.61. The molecule has 0 unspecified atom stereocenters. The Morgan fingerprint density at radius 2 is 0.643 bits per heavy atom. The Kier molecular flexibility index (Phi) is 34.6. The predicted octanol–water partition coefficient (Wildman–Crippen LogP) is -20.2. The molecule has 8 heterocycles. The zero-order valence-corrected chi connectivity index (χ0v) is 60.1. The van der Waals surface area contributed by atoms with Crippen molar-refractivity contribution in [3.05, 3.63) is 0 Å². The van der Waals surface area contributed by atoms with Crippen LogP contribution < -0.4 is 21.3 Å². The summed E-state index contributed by atoms with van der Waals surface area (Å²) in [4.78, 5) is 62.8. The highest BCUT2D eigenvalue weighted by atomic mass is 16.8. The summed E-state index contributed by atoms with van der Waals surface area (Å²) < 4.78 is 94.6. The van der Waals surface area contributed by atoms with Crippen LogP contribution in [-0.4, -0.2) is 487 Å². The molecule has 8 aliphatic heterocycles. The molecular formula is C62H104N4O46. The molecule has 50 nitrogen and oxygen atoms in total. The molecule has 44 atom stereocenters. The van der Waals surface area contributed by atoms with Crippen LogP contribution in [0.25, 0.3) is 0 Å². The van der Waals surface area contributed by atoms with Crippen LogP contribution in [0.2, 0.25) is 0 Å². The Bertz CT molecular complexity index is 2950. The first-order valence-corrected chi connectivity index (χ1v) is 35.4. The first-order chi connectivity index (χ1) is 53.0. The summed E-state index contributed by atoms with van der Waals surface area (Å²) in [5.74, 6) is -3.79. The van der Waals surface area contributed by atoms with Crippen molar-refractivity contribution >= 4 is 29.9 Å². The monoisotopic (exact) mass is 1640 g/mol. The lowest BCUT2D eigenvalue weighted by molar-refractivity contribution is -0.398. The molecule has 0 aromatic heterocycles. The van der Waals surface area contributed by atoms with E-state index in [4.69, 9.17) is 75.8 Å². The Hall–Kier alpha value is -4.09. The zero-order valence-electron chi connectivity index (χ0n) is 60.1. The van der Waals surface area contributed by atoms with Gasteiger partial charge in [-0.3, -0.25) is 19.2 Å². The second-order valence-corrected chi connectivity index (χ2v) is 27.8. The van der Waals surface area contributed by atoms with E-state index in [1.54, 1.807) is 0 Å². The van der Waals surface area contributed by atoms with Crippen molar-refractivity contribution in [3.63, 3.8) is 0 Å². The summed E-state index contributed by atoms with van der Waals surface area (Å²) in [6.45, 7) is -6.52. The molecule has 112 heavy (non-hydrogen) atoms. The zero-order chi connectivity index (χ0) is 82.9. The van der Waals surface area contributed by atoms with Crippen molar-refractivity contribution in [1.82, 2.24) is 21.3 Å². The van der Waals surface area contributed by atoms with E-state index in [-0.39, 0.29) is 6.29 Å². The standard InChI is InChI=1S/C62H104N4O46/c1-15(76)63-19(5-67)32(81)48(20(80)6-68)106-55-29(64-16(2)77)38(87)51(27(13-75)102-55)109-60-47(96)52(110-62-54(44(93)36(85)24(10-72)101-62)112-57-31(66-18(4)79)40(89)50(26(12-74)104-57)108-59-46(95)42(91)34(83)22(8-70)99-59)37(86)28(105-60)14-97-61-53(43(92)35(84)23(9-71)100-61)111-56-30(65-17(3)78)39(88)49(25(11-73)103-56)107-58-45(94)41(90)33(82)21(7-69)98-58/h5,19-62,68-75,80-96H,6-14H2,1-4H3,(H,63,76)(H,64,77)(H,65,78)(H,66,79)/t19-,20+,21+,22+,23+,24+,25+,26+,27+,28+,29+,30+,31+,32+,33-,34-,35+,36+,37+,38+,39+,40+,41-,42-,43-,44-,45+,46+,47-,48+,49+,50+,51+,52-,53-,54+,55-,56-,57-,58-,59-,60-,61-,62+/m0/s1. The maximum Gasteiger partial charge on any atom is 0.217 e. The molecule has 0 aromatic carbocycles.